The van der Waals surface area contributed by atoms with Crippen LogP contribution in [0.25, 0.3) is 0 Å². The van der Waals surface area contributed by atoms with Crippen LogP contribution in [-0.2, 0) is 17.9 Å². The molecule has 1 aliphatic heterocycles. The molecule has 2 aromatic rings. The predicted octanol–water partition coefficient (Wildman–Crippen LogP) is 1.92. The van der Waals surface area contributed by atoms with Gasteiger partial charge in [0.05, 0.1) is 0 Å². The van der Waals surface area contributed by atoms with Crippen molar-refractivity contribution in [2.75, 3.05) is 26.2 Å². The van der Waals surface area contributed by atoms with E-state index < -0.39 is 0 Å². The van der Waals surface area contributed by atoms with Crippen molar-refractivity contribution < 1.29 is 4.79 Å². The molecule has 1 amide bonds. The Morgan fingerprint density at radius 3 is 2.44 bits per heavy atom. The van der Waals surface area contributed by atoms with Crippen molar-refractivity contribution in [1.82, 2.24) is 20.1 Å². The molecule has 6 heteroatoms. The summed E-state index contributed by atoms with van der Waals surface area (Å²) in [6, 6.07) is 16.1. The van der Waals surface area contributed by atoms with Gasteiger partial charge in [-0.15, -0.1) is 0 Å². The number of piperazine rings is 1. The molecule has 0 spiro atoms. The number of rotatable bonds is 6. The second-order valence-corrected chi connectivity index (χ2v) is 6.46. The number of nitrogens with one attached hydrogen (secondary N) is 1. The van der Waals surface area contributed by atoms with E-state index in [9.17, 15) is 10.1 Å². The lowest BCUT2D eigenvalue weighted by molar-refractivity contribution is -0.128. The highest BCUT2D eigenvalue weighted by molar-refractivity contribution is 5.97. The Hall–Kier alpha value is -3.17. The minimum atomic E-state index is -0.209. The van der Waals surface area contributed by atoms with Crippen LogP contribution in [0.4, 0.5) is 0 Å². The first kappa shape index (κ1) is 18.6. The van der Waals surface area contributed by atoms with Crippen LogP contribution in [0.1, 0.15) is 11.1 Å². The summed E-state index contributed by atoms with van der Waals surface area (Å²) in [7, 11) is 0. The molecule has 0 bridgehead atoms. The summed E-state index contributed by atoms with van der Waals surface area (Å²) in [6.07, 6.45) is 4.94. The van der Waals surface area contributed by atoms with E-state index in [-0.39, 0.29) is 11.5 Å². The summed E-state index contributed by atoms with van der Waals surface area (Å²) in [5, 5.41) is 12.4. The molecule has 1 saturated heterocycles. The van der Waals surface area contributed by atoms with Crippen molar-refractivity contribution in [2.24, 2.45) is 0 Å². The van der Waals surface area contributed by atoms with Crippen molar-refractivity contribution in [2.45, 2.75) is 13.1 Å². The number of carbonyl (C=O) groups excluding carboxylic acids is 1. The Labute approximate surface area is 159 Å². The number of pyridine rings is 1. The third kappa shape index (κ3) is 5.40. The Kier molecular flexibility index (Phi) is 6.55. The van der Waals surface area contributed by atoms with Gasteiger partial charge < -0.3 is 10.2 Å². The topological polar surface area (TPSA) is 72.3 Å². The highest BCUT2D eigenvalue weighted by Crippen LogP contribution is 2.10. The largest absolute Gasteiger partial charge is 0.386 e. The van der Waals surface area contributed by atoms with E-state index >= 15 is 0 Å². The average Bonchev–Trinajstić information content (AvgIpc) is 2.73. The maximum Gasteiger partial charge on any atom is 0.266 e. The van der Waals surface area contributed by atoms with E-state index in [4.69, 9.17) is 0 Å². The SMILES string of the molecule is N#C/C(=C/NCc1ccncc1)C(=O)N1CCN(Cc2ccccc2)CC1. The minimum absolute atomic E-state index is 0.139. The molecule has 27 heavy (non-hydrogen) atoms. The van der Waals surface area contributed by atoms with Gasteiger partial charge in [0.25, 0.3) is 5.91 Å². The number of amides is 1. The third-order valence-electron chi connectivity index (χ3n) is 4.56. The van der Waals surface area contributed by atoms with Crippen LogP contribution in [0, 0.1) is 11.3 Å². The summed E-state index contributed by atoms with van der Waals surface area (Å²) in [6.45, 7) is 4.32. The second-order valence-electron chi connectivity index (χ2n) is 6.46. The zero-order valence-corrected chi connectivity index (χ0v) is 15.2. The second kappa shape index (κ2) is 9.51. The molecule has 0 atom stereocenters. The number of benzene rings is 1. The van der Waals surface area contributed by atoms with Gasteiger partial charge in [0.15, 0.2) is 0 Å². The molecular formula is C21H23N5O. The van der Waals surface area contributed by atoms with Crippen molar-refractivity contribution in [1.29, 1.82) is 5.26 Å². The first-order chi connectivity index (χ1) is 13.3. The Morgan fingerprint density at radius 1 is 1.07 bits per heavy atom. The molecule has 1 aromatic carbocycles. The number of nitrogens with zero attached hydrogens (tertiary/aromatic N) is 4. The number of carbonyl (C=O) groups is 1. The standard InChI is InChI=1S/C21H23N5O/c22-14-20(16-24-15-18-6-8-23-9-7-18)21(27)26-12-10-25(11-13-26)17-19-4-2-1-3-5-19/h1-9,16,24H,10-13,15,17H2/b20-16-. The lowest BCUT2D eigenvalue weighted by Crippen LogP contribution is -2.48. The quantitative estimate of drug-likeness (QED) is 0.629. The summed E-state index contributed by atoms with van der Waals surface area (Å²) in [4.78, 5) is 20.7. The lowest BCUT2D eigenvalue weighted by atomic mass is 10.2. The fourth-order valence-corrected chi connectivity index (χ4v) is 3.03. The van der Waals surface area contributed by atoms with Gasteiger partial charge >= 0.3 is 0 Å². The van der Waals surface area contributed by atoms with E-state index in [0.29, 0.717) is 19.6 Å². The smallest absolute Gasteiger partial charge is 0.266 e. The van der Waals surface area contributed by atoms with Gasteiger partial charge in [0, 0.05) is 57.9 Å². The highest BCUT2D eigenvalue weighted by Gasteiger charge is 2.23. The van der Waals surface area contributed by atoms with Gasteiger partial charge in [-0.2, -0.15) is 5.26 Å². The third-order valence-corrected chi connectivity index (χ3v) is 4.56. The predicted molar refractivity (Wildman–Crippen MR) is 103 cm³/mol. The molecule has 0 radical (unpaired) electrons. The molecule has 0 unspecified atom stereocenters. The summed E-state index contributed by atoms with van der Waals surface area (Å²) in [5.41, 5.74) is 2.45. The average molecular weight is 361 g/mol. The molecule has 2 heterocycles. The van der Waals surface area contributed by atoms with Crippen molar-refractivity contribution in [3.63, 3.8) is 0 Å². The zero-order valence-electron chi connectivity index (χ0n) is 15.2. The molecule has 6 nitrogen and oxygen atoms in total. The molecule has 1 aromatic heterocycles. The molecule has 138 valence electrons. The monoisotopic (exact) mass is 361 g/mol. The Balaban J connectivity index is 1.49. The highest BCUT2D eigenvalue weighted by atomic mass is 16.2. The number of hydrogen-bond donors (Lipinski definition) is 1. The molecule has 3 rings (SSSR count). The van der Waals surface area contributed by atoms with Crippen LogP contribution in [0.3, 0.4) is 0 Å². The minimum Gasteiger partial charge on any atom is -0.386 e. The summed E-state index contributed by atoms with van der Waals surface area (Å²) >= 11 is 0. The molecule has 1 N–H and O–H groups in total. The summed E-state index contributed by atoms with van der Waals surface area (Å²) in [5.74, 6) is -0.209. The maximum absolute atomic E-state index is 12.6. The van der Waals surface area contributed by atoms with Gasteiger partial charge in [-0.25, -0.2) is 0 Å². The van der Waals surface area contributed by atoms with Crippen LogP contribution < -0.4 is 5.32 Å². The van der Waals surface area contributed by atoms with Gasteiger partial charge in [0.1, 0.15) is 11.6 Å². The molecule has 0 aliphatic carbocycles. The van der Waals surface area contributed by atoms with E-state index in [2.05, 4.69) is 27.3 Å². The first-order valence-electron chi connectivity index (χ1n) is 9.04. The van der Waals surface area contributed by atoms with Crippen LogP contribution in [0.15, 0.2) is 66.6 Å². The van der Waals surface area contributed by atoms with E-state index in [1.54, 1.807) is 17.3 Å². The Bertz CT molecular complexity index is 805. The van der Waals surface area contributed by atoms with Crippen LogP contribution >= 0.6 is 0 Å². The number of aromatic nitrogens is 1. The van der Waals surface area contributed by atoms with Crippen molar-refractivity contribution in [3.8, 4) is 6.07 Å². The van der Waals surface area contributed by atoms with Gasteiger partial charge in [-0.1, -0.05) is 30.3 Å². The first-order valence-corrected chi connectivity index (χ1v) is 9.04. The molecular weight excluding hydrogens is 338 g/mol. The number of hydrogen-bond acceptors (Lipinski definition) is 5. The van der Waals surface area contributed by atoms with Gasteiger partial charge in [-0.3, -0.25) is 14.7 Å². The fraction of sp³-hybridized carbons (Fsp3) is 0.286. The van der Waals surface area contributed by atoms with E-state index in [1.807, 2.05) is 36.4 Å². The van der Waals surface area contributed by atoms with E-state index in [0.717, 1.165) is 25.2 Å². The zero-order chi connectivity index (χ0) is 18.9. The van der Waals surface area contributed by atoms with Crippen LogP contribution in [0.5, 0.6) is 0 Å². The number of nitriles is 1. The van der Waals surface area contributed by atoms with Gasteiger partial charge in [-0.05, 0) is 23.3 Å². The lowest BCUT2D eigenvalue weighted by Gasteiger charge is -2.34. The molecule has 1 aliphatic rings. The Morgan fingerprint density at radius 2 is 1.78 bits per heavy atom. The summed E-state index contributed by atoms with van der Waals surface area (Å²) < 4.78 is 0. The van der Waals surface area contributed by atoms with Crippen molar-refractivity contribution in [3.05, 3.63) is 77.8 Å². The normalized spacial score (nSPS) is 15.2. The molecule has 1 fully saturated rings. The van der Waals surface area contributed by atoms with Gasteiger partial charge in [0.2, 0.25) is 0 Å². The van der Waals surface area contributed by atoms with Crippen LogP contribution in [0.2, 0.25) is 0 Å². The van der Waals surface area contributed by atoms with E-state index in [1.165, 1.54) is 11.8 Å². The van der Waals surface area contributed by atoms with Crippen LogP contribution in [-0.4, -0.2) is 46.9 Å². The van der Waals surface area contributed by atoms with Crippen molar-refractivity contribution >= 4 is 5.91 Å². The fourth-order valence-electron chi connectivity index (χ4n) is 3.03. The maximum atomic E-state index is 12.6. The molecule has 0 saturated carbocycles.